The summed E-state index contributed by atoms with van der Waals surface area (Å²) in [5.74, 6) is 1.11. The van der Waals surface area contributed by atoms with E-state index in [-0.39, 0.29) is 30.0 Å². The summed E-state index contributed by atoms with van der Waals surface area (Å²) in [6, 6.07) is 5.99. The number of rotatable bonds is 6. The van der Waals surface area contributed by atoms with Crippen LogP contribution in [0.25, 0.3) is 11.0 Å². The number of benzene rings is 1. The molecule has 1 saturated heterocycles. The average Bonchev–Trinajstić information content (AvgIpc) is 3.09. The van der Waals surface area contributed by atoms with Crippen molar-refractivity contribution in [2.75, 3.05) is 31.6 Å². The maximum Gasteiger partial charge on any atom is 0.234 e. The van der Waals surface area contributed by atoms with Gasteiger partial charge in [0.05, 0.1) is 29.1 Å². The van der Waals surface area contributed by atoms with Crippen molar-refractivity contribution in [3.05, 3.63) is 29.6 Å². The molecule has 1 aliphatic rings. The number of imidazole rings is 1. The SMILES string of the molecule is Cc1ccc2nc(CCNC(=O)CN(C)C3CCS(=O)(=O)C3)[nH]c2c1. The van der Waals surface area contributed by atoms with Gasteiger partial charge in [0, 0.05) is 19.0 Å². The Morgan fingerprint density at radius 2 is 2.24 bits per heavy atom. The highest BCUT2D eigenvalue weighted by Crippen LogP contribution is 2.16. The van der Waals surface area contributed by atoms with Gasteiger partial charge in [-0.2, -0.15) is 0 Å². The fourth-order valence-electron chi connectivity index (χ4n) is 3.15. The van der Waals surface area contributed by atoms with Gasteiger partial charge in [-0.15, -0.1) is 0 Å². The molecule has 1 aliphatic heterocycles. The fourth-order valence-corrected chi connectivity index (χ4v) is 4.95. The van der Waals surface area contributed by atoms with E-state index in [0.717, 1.165) is 16.9 Å². The van der Waals surface area contributed by atoms with Crippen LogP contribution in [-0.4, -0.2) is 66.9 Å². The molecule has 2 aromatic rings. The second-order valence-electron chi connectivity index (χ2n) is 6.78. The summed E-state index contributed by atoms with van der Waals surface area (Å²) < 4.78 is 23.0. The number of nitrogens with zero attached hydrogens (tertiary/aromatic N) is 2. The molecule has 8 heteroatoms. The molecule has 0 bridgehead atoms. The van der Waals surface area contributed by atoms with Crippen molar-refractivity contribution in [1.82, 2.24) is 20.2 Å². The van der Waals surface area contributed by atoms with Crippen LogP contribution >= 0.6 is 0 Å². The summed E-state index contributed by atoms with van der Waals surface area (Å²) in [7, 11) is -1.13. The van der Waals surface area contributed by atoms with Gasteiger partial charge in [0.15, 0.2) is 9.84 Å². The van der Waals surface area contributed by atoms with Crippen LogP contribution in [0.3, 0.4) is 0 Å². The number of hydrogen-bond acceptors (Lipinski definition) is 5. The Morgan fingerprint density at radius 3 is 2.96 bits per heavy atom. The number of aryl methyl sites for hydroxylation is 1. The molecule has 1 unspecified atom stereocenters. The smallest absolute Gasteiger partial charge is 0.234 e. The van der Waals surface area contributed by atoms with Crippen LogP contribution in [0.2, 0.25) is 0 Å². The Labute approximate surface area is 147 Å². The van der Waals surface area contributed by atoms with Gasteiger partial charge in [0.2, 0.25) is 5.91 Å². The Hall–Kier alpha value is -1.93. The maximum atomic E-state index is 12.0. The van der Waals surface area contributed by atoms with E-state index in [1.165, 1.54) is 5.56 Å². The van der Waals surface area contributed by atoms with Gasteiger partial charge in [-0.25, -0.2) is 13.4 Å². The van der Waals surface area contributed by atoms with Crippen LogP contribution in [0.1, 0.15) is 17.8 Å². The van der Waals surface area contributed by atoms with E-state index < -0.39 is 9.84 Å². The molecule has 0 radical (unpaired) electrons. The first-order chi connectivity index (χ1) is 11.8. The predicted molar refractivity (Wildman–Crippen MR) is 97.2 cm³/mol. The number of nitrogens with one attached hydrogen (secondary N) is 2. The van der Waals surface area contributed by atoms with Gasteiger partial charge in [-0.1, -0.05) is 6.07 Å². The van der Waals surface area contributed by atoms with Gasteiger partial charge < -0.3 is 10.3 Å². The summed E-state index contributed by atoms with van der Waals surface area (Å²) in [4.78, 5) is 21.6. The standard InChI is InChI=1S/C17H24N4O3S/c1-12-3-4-14-15(9-12)20-16(19-14)5-7-18-17(22)10-21(2)13-6-8-25(23,24)11-13/h3-4,9,13H,5-8,10-11H2,1-2H3,(H,18,22)(H,19,20). The van der Waals surface area contributed by atoms with Crippen LogP contribution < -0.4 is 5.32 Å². The van der Waals surface area contributed by atoms with Crippen LogP contribution in [0.5, 0.6) is 0 Å². The van der Waals surface area contributed by atoms with E-state index in [1.54, 1.807) is 7.05 Å². The molecule has 1 atom stereocenters. The summed E-state index contributed by atoms with van der Waals surface area (Å²) in [5, 5.41) is 2.87. The maximum absolute atomic E-state index is 12.0. The van der Waals surface area contributed by atoms with Crippen LogP contribution in [-0.2, 0) is 21.1 Å². The molecule has 7 nitrogen and oxygen atoms in total. The molecule has 136 valence electrons. The lowest BCUT2D eigenvalue weighted by atomic mass is 10.2. The largest absolute Gasteiger partial charge is 0.355 e. The lowest BCUT2D eigenvalue weighted by Crippen LogP contribution is -2.41. The minimum absolute atomic E-state index is 0.0608. The van der Waals surface area contributed by atoms with Crippen LogP contribution in [0.15, 0.2) is 18.2 Å². The Balaban J connectivity index is 1.45. The molecule has 1 fully saturated rings. The number of fused-ring (bicyclic) bond motifs is 1. The zero-order valence-corrected chi connectivity index (χ0v) is 15.4. The molecule has 0 saturated carbocycles. The lowest BCUT2D eigenvalue weighted by molar-refractivity contribution is -0.122. The first-order valence-corrected chi connectivity index (χ1v) is 10.3. The second-order valence-corrected chi connectivity index (χ2v) is 9.00. The average molecular weight is 364 g/mol. The van der Waals surface area contributed by atoms with Crippen molar-refractivity contribution in [3.8, 4) is 0 Å². The molecule has 0 aliphatic carbocycles. The Bertz CT molecular complexity index is 875. The van der Waals surface area contributed by atoms with Crippen molar-refractivity contribution < 1.29 is 13.2 Å². The lowest BCUT2D eigenvalue weighted by Gasteiger charge is -2.22. The van der Waals surface area contributed by atoms with E-state index >= 15 is 0 Å². The zero-order chi connectivity index (χ0) is 18.0. The van der Waals surface area contributed by atoms with Crippen LogP contribution in [0, 0.1) is 6.92 Å². The Morgan fingerprint density at radius 1 is 1.44 bits per heavy atom. The number of H-pyrrole nitrogens is 1. The summed E-state index contributed by atoms with van der Waals surface area (Å²) in [6.07, 6.45) is 1.23. The number of carbonyl (C=O) groups excluding carboxylic acids is 1. The van der Waals surface area contributed by atoms with Crippen molar-refractivity contribution >= 4 is 26.8 Å². The quantitative estimate of drug-likeness (QED) is 0.785. The third kappa shape index (κ3) is 4.58. The van der Waals surface area contributed by atoms with E-state index in [4.69, 9.17) is 0 Å². The van der Waals surface area contributed by atoms with Crippen molar-refractivity contribution in [2.24, 2.45) is 0 Å². The molecule has 3 rings (SSSR count). The highest BCUT2D eigenvalue weighted by Gasteiger charge is 2.31. The van der Waals surface area contributed by atoms with E-state index in [0.29, 0.717) is 19.4 Å². The van der Waals surface area contributed by atoms with Gasteiger partial charge in [0.25, 0.3) is 0 Å². The first kappa shape index (κ1) is 17.9. The summed E-state index contributed by atoms with van der Waals surface area (Å²) in [5.41, 5.74) is 3.10. The van der Waals surface area contributed by atoms with Crippen molar-refractivity contribution in [2.45, 2.75) is 25.8 Å². The van der Waals surface area contributed by atoms with E-state index in [2.05, 4.69) is 21.4 Å². The fraction of sp³-hybridized carbons (Fsp3) is 0.529. The zero-order valence-electron chi connectivity index (χ0n) is 14.6. The molecule has 0 spiro atoms. The minimum atomic E-state index is -2.93. The molecule has 2 heterocycles. The van der Waals surface area contributed by atoms with E-state index in [9.17, 15) is 13.2 Å². The summed E-state index contributed by atoms with van der Waals surface area (Å²) >= 11 is 0. The molecule has 25 heavy (non-hydrogen) atoms. The Kier molecular flexibility index (Phi) is 5.10. The van der Waals surface area contributed by atoms with Crippen molar-refractivity contribution in [3.63, 3.8) is 0 Å². The highest BCUT2D eigenvalue weighted by molar-refractivity contribution is 7.91. The number of aromatic nitrogens is 2. The molecule has 1 aromatic carbocycles. The molecule has 2 N–H and O–H groups in total. The van der Waals surface area contributed by atoms with Gasteiger partial charge >= 0.3 is 0 Å². The van der Waals surface area contributed by atoms with Gasteiger partial charge in [0.1, 0.15) is 5.82 Å². The summed E-state index contributed by atoms with van der Waals surface area (Å²) in [6.45, 7) is 2.74. The van der Waals surface area contributed by atoms with E-state index in [1.807, 2.05) is 24.0 Å². The molecular weight excluding hydrogens is 340 g/mol. The third-order valence-corrected chi connectivity index (χ3v) is 6.35. The molecular formula is C17H24N4O3S. The highest BCUT2D eigenvalue weighted by atomic mass is 32.2. The number of aromatic amines is 1. The number of sulfone groups is 1. The monoisotopic (exact) mass is 364 g/mol. The third-order valence-electron chi connectivity index (χ3n) is 4.60. The molecule has 1 amide bonds. The van der Waals surface area contributed by atoms with Gasteiger partial charge in [-0.05, 0) is 38.1 Å². The minimum Gasteiger partial charge on any atom is -0.355 e. The van der Waals surface area contributed by atoms with Crippen LogP contribution in [0.4, 0.5) is 0 Å². The number of hydrogen-bond donors (Lipinski definition) is 2. The topological polar surface area (TPSA) is 95.2 Å². The van der Waals surface area contributed by atoms with Gasteiger partial charge in [-0.3, -0.25) is 9.69 Å². The normalized spacial score (nSPS) is 19.6. The number of amides is 1. The molecule has 1 aromatic heterocycles. The predicted octanol–water partition coefficient (Wildman–Crippen LogP) is 0.649. The number of carbonyl (C=O) groups is 1. The first-order valence-electron chi connectivity index (χ1n) is 8.45. The van der Waals surface area contributed by atoms with Crippen molar-refractivity contribution in [1.29, 1.82) is 0 Å². The second kappa shape index (κ2) is 7.13. The number of likely N-dealkylation sites (N-methyl/N-ethyl adjacent to an activating group) is 1.